The van der Waals surface area contributed by atoms with Gasteiger partial charge in [-0.2, -0.15) is 13.2 Å². The molecule has 0 atom stereocenters. The Morgan fingerprint density at radius 2 is 1.72 bits per heavy atom. The van der Waals surface area contributed by atoms with Gasteiger partial charge in [-0.05, 0) is 70.2 Å². The van der Waals surface area contributed by atoms with Gasteiger partial charge in [0, 0.05) is 40.7 Å². The molecule has 0 unspecified atom stereocenters. The molecule has 1 aromatic carbocycles. The van der Waals surface area contributed by atoms with Crippen LogP contribution in [0.5, 0.6) is 0 Å². The first kappa shape index (κ1) is 28.6. The molecule has 224 valence electrons. The number of nitrogens with two attached hydrogens (primary N) is 1. The number of aromatic nitrogens is 4. The van der Waals surface area contributed by atoms with Crippen LogP contribution in [0.4, 0.5) is 24.8 Å². The standard InChI is InChI=1S/C30H30F3N7O3/c1-27(2,43)26(42)39-29-10-8-28(16-29,9-11-29)25-38-21(22-23(34)36-13-14-40(22)25)17-3-5-18(6-4-17)24(41)37-20-15-19(7-12-35-20)30(31,32)33/h3-7,12-15,43H,8-11,16H2,1-2H3,(H2,34,36)(H,39,42)(H,35,37,41). The highest BCUT2D eigenvalue weighted by Gasteiger charge is 2.58. The lowest BCUT2D eigenvalue weighted by atomic mass is 9.83. The summed E-state index contributed by atoms with van der Waals surface area (Å²) in [6.45, 7) is 2.94. The number of hydrogen-bond donors (Lipinski definition) is 4. The summed E-state index contributed by atoms with van der Waals surface area (Å²) in [5.74, 6) is -0.145. The fraction of sp³-hybridized carbons (Fsp3) is 0.367. The van der Waals surface area contributed by atoms with Crippen molar-refractivity contribution in [1.29, 1.82) is 0 Å². The molecule has 6 rings (SSSR count). The van der Waals surface area contributed by atoms with Gasteiger partial charge in [-0.15, -0.1) is 0 Å². The van der Waals surface area contributed by atoms with Crippen LogP contribution < -0.4 is 16.4 Å². The summed E-state index contributed by atoms with van der Waals surface area (Å²) in [7, 11) is 0. The summed E-state index contributed by atoms with van der Waals surface area (Å²) in [5.41, 5.74) is 5.28. The van der Waals surface area contributed by atoms with E-state index in [2.05, 4.69) is 20.6 Å². The number of anilines is 2. The van der Waals surface area contributed by atoms with Crippen LogP contribution >= 0.6 is 0 Å². The Kier molecular flexibility index (Phi) is 6.49. The topological polar surface area (TPSA) is 148 Å². The molecule has 5 N–H and O–H groups in total. The van der Waals surface area contributed by atoms with Crippen molar-refractivity contribution in [2.24, 2.45) is 0 Å². The predicted molar refractivity (Wildman–Crippen MR) is 152 cm³/mol. The summed E-state index contributed by atoms with van der Waals surface area (Å²) >= 11 is 0. The van der Waals surface area contributed by atoms with Crippen LogP contribution in [0.2, 0.25) is 0 Å². The molecule has 0 spiro atoms. The van der Waals surface area contributed by atoms with Crippen molar-refractivity contribution in [3.8, 4) is 11.3 Å². The third-order valence-corrected chi connectivity index (χ3v) is 8.58. The van der Waals surface area contributed by atoms with Gasteiger partial charge in [-0.1, -0.05) is 12.1 Å². The summed E-state index contributed by atoms with van der Waals surface area (Å²) < 4.78 is 41.1. The van der Waals surface area contributed by atoms with E-state index in [1.54, 1.807) is 30.5 Å². The van der Waals surface area contributed by atoms with E-state index in [4.69, 9.17) is 10.7 Å². The Morgan fingerprint density at radius 1 is 1.02 bits per heavy atom. The monoisotopic (exact) mass is 593 g/mol. The summed E-state index contributed by atoms with van der Waals surface area (Å²) in [4.78, 5) is 38.6. The normalized spacial score (nSPS) is 21.7. The number of benzene rings is 1. The molecule has 0 radical (unpaired) electrons. The van der Waals surface area contributed by atoms with Crippen LogP contribution in [0.25, 0.3) is 16.8 Å². The molecule has 43 heavy (non-hydrogen) atoms. The smallest absolute Gasteiger partial charge is 0.382 e. The van der Waals surface area contributed by atoms with E-state index in [9.17, 15) is 27.9 Å². The lowest BCUT2D eigenvalue weighted by molar-refractivity contribution is -0.138. The van der Waals surface area contributed by atoms with Crippen LogP contribution in [0, 0.1) is 0 Å². The molecule has 0 saturated heterocycles. The molecule has 4 aromatic rings. The largest absolute Gasteiger partial charge is 0.416 e. The number of halogens is 3. The van der Waals surface area contributed by atoms with E-state index in [-0.39, 0.29) is 22.6 Å². The zero-order chi connectivity index (χ0) is 30.8. The zero-order valence-electron chi connectivity index (χ0n) is 23.5. The van der Waals surface area contributed by atoms with Crippen molar-refractivity contribution < 1.29 is 27.9 Å². The average molecular weight is 594 g/mol. The first-order valence-corrected chi connectivity index (χ1v) is 13.8. The fourth-order valence-corrected chi connectivity index (χ4v) is 6.36. The SMILES string of the molecule is CC(C)(O)C(=O)NC12CCC(c3nc(-c4ccc(C(=O)Nc5cc(C(F)(F)F)ccn5)cc4)c4c(N)nccn34)(CC1)C2. The molecule has 2 bridgehead atoms. The maximum atomic E-state index is 13.0. The number of carbonyl (C=O) groups is 2. The first-order chi connectivity index (χ1) is 20.2. The van der Waals surface area contributed by atoms with Gasteiger partial charge in [-0.3, -0.25) is 14.0 Å². The molecule has 0 aliphatic heterocycles. The van der Waals surface area contributed by atoms with Crippen molar-refractivity contribution in [3.05, 3.63) is 71.9 Å². The third kappa shape index (κ3) is 5.07. The number of nitrogens with one attached hydrogen (secondary N) is 2. The molecule has 10 nitrogen and oxygen atoms in total. The van der Waals surface area contributed by atoms with Crippen molar-refractivity contribution in [2.45, 2.75) is 68.7 Å². The Bertz CT molecular complexity index is 1730. The van der Waals surface area contributed by atoms with Crippen LogP contribution in [-0.4, -0.2) is 47.4 Å². The zero-order valence-corrected chi connectivity index (χ0v) is 23.5. The van der Waals surface area contributed by atoms with E-state index in [1.165, 1.54) is 13.8 Å². The summed E-state index contributed by atoms with van der Waals surface area (Å²) in [6.07, 6.45) is 3.61. The molecule has 2 amide bonds. The Balaban J connectivity index is 1.29. The van der Waals surface area contributed by atoms with Crippen molar-refractivity contribution >= 4 is 29.0 Å². The molecule has 3 heterocycles. The number of alkyl halides is 3. The minimum Gasteiger partial charge on any atom is -0.382 e. The Labute approximate surface area is 244 Å². The molecule has 2 aliphatic carbocycles. The van der Waals surface area contributed by atoms with E-state index in [0.717, 1.165) is 49.8 Å². The highest BCUT2D eigenvalue weighted by Crippen LogP contribution is 2.57. The van der Waals surface area contributed by atoms with Gasteiger partial charge in [0.25, 0.3) is 11.8 Å². The Morgan fingerprint density at radius 3 is 2.37 bits per heavy atom. The molecular formula is C30H30F3N7O3. The predicted octanol–water partition coefficient (Wildman–Crippen LogP) is 4.49. The van der Waals surface area contributed by atoms with Gasteiger partial charge in [0.05, 0.1) is 5.56 Å². The molecule has 13 heteroatoms. The second-order valence-corrected chi connectivity index (χ2v) is 12.0. The van der Waals surface area contributed by atoms with Gasteiger partial charge < -0.3 is 21.5 Å². The van der Waals surface area contributed by atoms with E-state index in [1.807, 2.05) is 10.6 Å². The third-order valence-electron chi connectivity index (χ3n) is 8.58. The highest BCUT2D eigenvalue weighted by atomic mass is 19.4. The van der Waals surface area contributed by atoms with Gasteiger partial charge >= 0.3 is 6.18 Å². The molecule has 3 aromatic heterocycles. The van der Waals surface area contributed by atoms with Crippen LogP contribution in [0.1, 0.15) is 67.7 Å². The Hall–Kier alpha value is -4.52. The van der Waals surface area contributed by atoms with E-state index in [0.29, 0.717) is 23.2 Å². The van der Waals surface area contributed by atoms with Gasteiger partial charge in [0.1, 0.15) is 34.3 Å². The van der Waals surface area contributed by atoms with Crippen molar-refractivity contribution in [3.63, 3.8) is 0 Å². The number of rotatable bonds is 6. The summed E-state index contributed by atoms with van der Waals surface area (Å²) in [5, 5.41) is 15.7. The number of hydrogen-bond acceptors (Lipinski definition) is 7. The maximum Gasteiger partial charge on any atom is 0.416 e. The van der Waals surface area contributed by atoms with Crippen LogP contribution in [0.15, 0.2) is 55.0 Å². The van der Waals surface area contributed by atoms with Crippen LogP contribution in [0.3, 0.4) is 0 Å². The number of imidazole rings is 1. The first-order valence-electron chi connectivity index (χ1n) is 13.8. The molecule has 2 aliphatic rings. The second-order valence-electron chi connectivity index (χ2n) is 12.0. The molecule has 2 saturated carbocycles. The fourth-order valence-electron chi connectivity index (χ4n) is 6.36. The van der Waals surface area contributed by atoms with Gasteiger partial charge in [0.15, 0.2) is 0 Å². The van der Waals surface area contributed by atoms with Crippen molar-refractivity contribution in [1.82, 2.24) is 24.7 Å². The number of amides is 2. The lowest BCUT2D eigenvalue weighted by Gasteiger charge is -2.31. The minimum atomic E-state index is -4.56. The highest BCUT2D eigenvalue weighted by molar-refractivity contribution is 6.04. The average Bonchev–Trinajstić information content (AvgIpc) is 3.63. The number of carbonyl (C=O) groups excluding carboxylic acids is 2. The quantitative estimate of drug-likeness (QED) is 0.258. The number of aliphatic hydroxyl groups is 1. The second kappa shape index (κ2) is 9.76. The van der Waals surface area contributed by atoms with Gasteiger partial charge in [0.2, 0.25) is 0 Å². The molecular weight excluding hydrogens is 563 g/mol. The summed E-state index contributed by atoms with van der Waals surface area (Å²) in [6, 6.07) is 8.10. The van der Waals surface area contributed by atoms with Crippen LogP contribution in [-0.2, 0) is 16.4 Å². The number of nitrogens with zero attached hydrogens (tertiary/aromatic N) is 4. The van der Waals surface area contributed by atoms with E-state index >= 15 is 0 Å². The number of fused-ring (bicyclic) bond motifs is 3. The number of pyridine rings is 1. The van der Waals surface area contributed by atoms with E-state index < -0.39 is 34.7 Å². The number of nitrogen functional groups attached to an aromatic ring is 1. The van der Waals surface area contributed by atoms with Gasteiger partial charge in [-0.25, -0.2) is 15.0 Å². The minimum absolute atomic E-state index is 0.213. The maximum absolute atomic E-state index is 13.0. The van der Waals surface area contributed by atoms with Crippen molar-refractivity contribution in [2.75, 3.05) is 11.1 Å². The lowest BCUT2D eigenvalue weighted by Crippen LogP contribution is -2.52. The molecule has 2 fully saturated rings.